The van der Waals surface area contributed by atoms with E-state index in [0.717, 1.165) is 17.0 Å². The van der Waals surface area contributed by atoms with Crippen LogP contribution in [0.15, 0.2) is 36.4 Å². The molecule has 0 saturated carbocycles. The van der Waals surface area contributed by atoms with E-state index in [1.54, 1.807) is 0 Å². The first-order valence-electron chi connectivity index (χ1n) is 6.91. The Bertz CT molecular complexity index is 629. The van der Waals surface area contributed by atoms with E-state index in [9.17, 15) is 0 Å². The molecule has 0 bridgehead atoms. The van der Waals surface area contributed by atoms with Crippen LogP contribution in [0.3, 0.4) is 0 Å². The molecular formula is C18H22ClN. The minimum absolute atomic E-state index is 0.422. The molecule has 0 saturated heterocycles. The smallest absolute Gasteiger partial charge is 0.0441 e. The summed E-state index contributed by atoms with van der Waals surface area (Å²) in [6, 6.07) is 12.6. The summed E-state index contributed by atoms with van der Waals surface area (Å²) in [5, 5.41) is 0.798. The second kappa shape index (κ2) is 5.59. The van der Waals surface area contributed by atoms with Crippen LogP contribution in [0.2, 0.25) is 5.02 Å². The fourth-order valence-electron chi connectivity index (χ4n) is 2.64. The number of halogens is 1. The number of hydrogen-bond donors (Lipinski definition) is 1. The molecule has 106 valence electrons. The molecule has 2 aromatic rings. The van der Waals surface area contributed by atoms with Crippen LogP contribution in [-0.2, 0) is 12.0 Å². The van der Waals surface area contributed by atoms with Crippen LogP contribution in [-0.4, -0.2) is 0 Å². The van der Waals surface area contributed by atoms with Crippen LogP contribution >= 0.6 is 11.6 Å². The molecule has 0 aromatic heterocycles. The van der Waals surface area contributed by atoms with Crippen LogP contribution in [0.25, 0.3) is 0 Å². The molecule has 1 nitrogen and oxygen atoms in total. The van der Waals surface area contributed by atoms with Crippen molar-refractivity contribution in [1.82, 2.24) is 0 Å². The quantitative estimate of drug-likeness (QED) is 0.871. The monoisotopic (exact) mass is 287 g/mol. The third kappa shape index (κ3) is 3.23. The third-order valence-corrected chi connectivity index (χ3v) is 4.13. The first-order valence-corrected chi connectivity index (χ1v) is 7.29. The van der Waals surface area contributed by atoms with E-state index in [-0.39, 0.29) is 0 Å². The Morgan fingerprint density at radius 3 is 2.25 bits per heavy atom. The first kappa shape index (κ1) is 15.1. The Labute approximate surface area is 126 Å². The number of benzene rings is 2. The zero-order valence-electron chi connectivity index (χ0n) is 12.6. The van der Waals surface area contributed by atoms with E-state index in [1.807, 2.05) is 13.0 Å². The largest absolute Gasteiger partial charge is 0.321 e. The summed E-state index contributed by atoms with van der Waals surface area (Å²) in [6.45, 7) is 8.32. The van der Waals surface area contributed by atoms with Crippen LogP contribution in [0, 0.1) is 20.8 Å². The Morgan fingerprint density at radius 1 is 1.00 bits per heavy atom. The Kier molecular flexibility index (Phi) is 4.22. The van der Waals surface area contributed by atoms with E-state index in [0.29, 0.717) is 0 Å². The van der Waals surface area contributed by atoms with E-state index >= 15 is 0 Å². The molecule has 0 spiro atoms. The van der Waals surface area contributed by atoms with Gasteiger partial charge in [0.15, 0.2) is 0 Å². The molecule has 0 aliphatic heterocycles. The van der Waals surface area contributed by atoms with Crippen LogP contribution in [0.1, 0.15) is 34.7 Å². The molecule has 2 aromatic carbocycles. The van der Waals surface area contributed by atoms with Gasteiger partial charge >= 0.3 is 0 Å². The van der Waals surface area contributed by atoms with Crippen molar-refractivity contribution in [2.75, 3.05) is 0 Å². The molecule has 0 radical (unpaired) electrons. The molecule has 2 rings (SSSR count). The lowest BCUT2D eigenvalue weighted by atomic mass is 9.83. The van der Waals surface area contributed by atoms with Gasteiger partial charge in [-0.25, -0.2) is 0 Å². The summed E-state index contributed by atoms with van der Waals surface area (Å²) in [7, 11) is 0. The van der Waals surface area contributed by atoms with Gasteiger partial charge in [0.1, 0.15) is 0 Å². The predicted octanol–water partition coefficient (Wildman–Crippen LogP) is 4.68. The van der Waals surface area contributed by atoms with Crippen molar-refractivity contribution in [2.24, 2.45) is 5.73 Å². The van der Waals surface area contributed by atoms with Crippen molar-refractivity contribution in [3.05, 3.63) is 69.2 Å². The first-order chi connectivity index (χ1) is 9.29. The van der Waals surface area contributed by atoms with Crippen molar-refractivity contribution in [3.63, 3.8) is 0 Å². The van der Waals surface area contributed by atoms with Gasteiger partial charge in [-0.2, -0.15) is 0 Å². The predicted molar refractivity (Wildman–Crippen MR) is 87.3 cm³/mol. The lowest BCUT2D eigenvalue weighted by Crippen LogP contribution is -2.36. The standard InChI is InChI=1S/C18H22ClN/c1-12-5-7-14(3)16(9-12)18(4,20)11-15-8-6-13(2)10-17(15)19/h5-10H,11,20H2,1-4H3. The molecule has 20 heavy (non-hydrogen) atoms. The normalized spacial score (nSPS) is 14.1. The summed E-state index contributed by atoms with van der Waals surface area (Å²) >= 11 is 6.34. The molecule has 2 N–H and O–H groups in total. The number of rotatable bonds is 3. The van der Waals surface area contributed by atoms with Gasteiger partial charge in [0.2, 0.25) is 0 Å². The Hall–Kier alpha value is -1.31. The van der Waals surface area contributed by atoms with Crippen LogP contribution in [0.5, 0.6) is 0 Å². The highest BCUT2D eigenvalue weighted by Crippen LogP contribution is 2.29. The molecule has 0 fully saturated rings. The molecule has 1 atom stereocenters. The second-order valence-corrected chi connectivity index (χ2v) is 6.41. The maximum absolute atomic E-state index is 6.59. The average molecular weight is 288 g/mol. The van der Waals surface area contributed by atoms with Crippen molar-refractivity contribution < 1.29 is 0 Å². The maximum atomic E-state index is 6.59. The zero-order valence-corrected chi connectivity index (χ0v) is 13.4. The highest BCUT2D eigenvalue weighted by Gasteiger charge is 2.24. The van der Waals surface area contributed by atoms with Gasteiger partial charge in [-0.05, 0) is 62.4 Å². The van der Waals surface area contributed by atoms with Crippen molar-refractivity contribution in [1.29, 1.82) is 0 Å². The zero-order chi connectivity index (χ0) is 14.9. The van der Waals surface area contributed by atoms with Gasteiger partial charge in [-0.3, -0.25) is 0 Å². The summed E-state index contributed by atoms with van der Waals surface area (Å²) in [5.74, 6) is 0. The van der Waals surface area contributed by atoms with Gasteiger partial charge < -0.3 is 5.73 Å². The minimum atomic E-state index is -0.422. The van der Waals surface area contributed by atoms with E-state index in [2.05, 4.69) is 51.1 Å². The SMILES string of the molecule is Cc1ccc(CC(C)(N)c2cc(C)ccc2C)c(Cl)c1. The second-order valence-electron chi connectivity index (χ2n) is 6.01. The maximum Gasteiger partial charge on any atom is 0.0441 e. The van der Waals surface area contributed by atoms with Gasteiger partial charge in [-0.1, -0.05) is 47.5 Å². The lowest BCUT2D eigenvalue weighted by Gasteiger charge is -2.28. The van der Waals surface area contributed by atoms with Crippen molar-refractivity contribution in [3.8, 4) is 0 Å². The van der Waals surface area contributed by atoms with Gasteiger partial charge in [0, 0.05) is 10.6 Å². The third-order valence-electron chi connectivity index (χ3n) is 3.77. The number of aryl methyl sites for hydroxylation is 3. The van der Waals surface area contributed by atoms with Crippen molar-refractivity contribution >= 4 is 11.6 Å². The molecule has 0 heterocycles. The highest BCUT2D eigenvalue weighted by atomic mass is 35.5. The molecule has 0 aliphatic carbocycles. The fourth-order valence-corrected chi connectivity index (χ4v) is 2.94. The van der Waals surface area contributed by atoms with Crippen LogP contribution in [0.4, 0.5) is 0 Å². The molecular weight excluding hydrogens is 266 g/mol. The molecule has 2 heteroatoms. The number of nitrogens with two attached hydrogens (primary N) is 1. The van der Waals surface area contributed by atoms with E-state index < -0.39 is 5.54 Å². The topological polar surface area (TPSA) is 26.0 Å². The molecule has 0 amide bonds. The molecule has 1 unspecified atom stereocenters. The summed E-state index contributed by atoms with van der Waals surface area (Å²) < 4.78 is 0. The van der Waals surface area contributed by atoms with E-state index in [1.165, 1.54) is 22.3 Å². The summed E-state index contributed by atoms with van der Waals surface area (Å²) in [4.78, 5) is 0. The highest BCUT2D eigenvalue weighted by molar-refractivity contribution is 6.31. The summed E-state index contributed by atoms with van der Waals surface area (Å²) in [5.41, 5.74) is 12.1. The Balaban J connectivity index is 2.37. The van der Waals surface area contributed by atoms with Crippen molar-refractivity contribution in [2.45, 2.75) is 39.7 Å². The minimum Gasteiger partial charge on any atom is -0.321 e. The summed E-state index contributed by atoms with van der Waals surface area (Å²) in [6.07, 6.45) is 0.733. The van der Waals surface area contributed by atoms with Gasteiger partial charge in [-0.15, -0.1) is 0 Å². The average Bonchev–Trinajstić information content (AvgIpc) is 2.35. The lowest BCUT2D eigenvalue weighted by molar-refractivity contribution is 0.488. The van der Waals surface area contributed by atoms with E-state index in [4.69, 9.17) is 17.3 Å². The van der Waals surface area contributed by atoms with Gasteiger partial charge in [0.25, 0.3) is 0 Å². The fraction of sp³-hybridized carbons (Fsp3) is 0.333. The molecule has 0 aliphatic rings. The van der Waals surface area contributed by atoms with Gasteiger partial charge in [0.05, 0.1) is 0 Å². The Morgan fingerprint density at radius 2 is 1.60 bits per heavy atom. The van der Waals surface area contributed by atoms with Crippen LogP contribution < -0.4 is 5.73 Å². The number of hydrogen-bond acceptors (Lipinski definition) is 1.